The monoisotopic (exact) mass is 274 g/mol. The van der Waals surface area contributed by atoms with E-state index in [1.807, 2.05) is 0 Å². The van der Waals surface area contributed by atoms with Gasteiger partial charge in [0.25, 0.3) is 0 Å². The molecule has 1 aromatic heterocycles. The van der Waals surface area contributed by atoms with Gasteiger partial charge in [-0.3, -0.25) is 0 Å². The van der Waals surface area contributed by atoms with E-state index in [-0.39, 0.29) is 0 Å². The molecule has 2 atom stereocenters. The number of hydrogen-bond donors (Lipinski definition) is 1. The predicted octanol–water partition coefficient (Wildman–Crippen LogP) is 2.15. The van der Waals surface area contributed by atoms with Crippen LogP contribution in [0.5, 0.6) is 0 Å². The van der Waals surface area contributed by atoms with Crippen LogP contribution in [0.25, 0.3) is 0 Å². The van der Waals surface area contributed by atoms with Gasteiger partial charge in [0.2, 0.25) is 0 Å². The molecule has 108 valence electrons. The summed E-state index contributed by atoms with van der Waals surface area (Å²) in [5.41, 5.74) is 0. The lowest BCUT2D eigenvalue weighted by Crippen LogP contribution is -2.43. The van der Waals surface area contributed by atoms with Crippen molar-refractivity contribution < 1.29 is 4.74 Å². The molecular weight excluding hydrogens is 252 g/mol. The van der Waals surface area contributed by atoms with Gasteiger partial charge in [-0.05, 0) is 32.6 Å². The van der Waals surface area contributed by atoms with Crippen LogP contribution in [0.3, 0.4) is 0 Å². The number of ether oxygens (including phenoxy) is 1. The van der Waals surface area contributed by atoms with Crippen molar-refractivity contribution in [1.29, 1.82) is 0 Å². The average Bonchev–Trinajstić information content (AvgIpc) is 3.25. The fourth-order valence-corrected chi connectivity index (χ4v) is 3.21. The van der Waals surface area contributed by atoms with E-state index in [0.29, 0.717) is 18.1 Å². The molecule has 3 aliphatic rings. The molecule has 1 aliphatic carbocycles. The molecule has 5 heteroatoms. The van der Waals surface area contributed by atoms with Gasteiger partial charge in [-0.15, -0.1) is 0 Å². The Morgan fingerprint density at radius 1 is 1.20 bits per heavy atom. The third-order valence-corrected chi connectivity index (χ3v) is 4.40. The lowest BCUT2D eigenvalue weighted by molar-refractivity contribution is 0.0302. The van der Waals surface area contributed by atoms with Gasteiger partial charge in [-0.25, -0.2) is 9.97 Å². The van der Waals surface area contributed by atoms with E-state index < -0.39 is 0 Å². The Balaban J connectivity index is 1.62. The lowest BCUT2D eigenvalue weighted by Gasteiger charge is -2.33. The van der Waals surface area contributed by atoms with Crippen LogP contribution in [0, 0.1) is 0 Å². The average molecular weight is 274 g/mol. The molecule has 1 aromatic rings. The minimum atomic E-state index is 0.399. The van der Waals surface area contributed by atoms with Crippen molar-refractivity contribution in [2.75, 3.05) is 29.9 Å². The van der Waals surface area contributed by atoms with Crippen LogP contribution in [0.2, 0.25) is 0 Å². The van der Waals surface area contributed by atoms with Crippen LogP contribution in [0.15, 0.2) is 6.07 Å². The predicted molar refractivity (Wildman–Crippen MR) is 78.3 cm³/mol. The number of fused-ring (bicyclic) bond motifs is 2. The molecule has 4 rings (SSSR count). The Morgan fingerprint density at radius 2 is 1.95 bits per heavy atom. The van der Waals surface area contributed by atoms with Crippen molar-refractivity contribution in [2.24, 2.45) is 0 Å². The minimum absolute atomic E-state index is 0.399. The van der Waals surface area contributed by atoms with Crippen molar-refractivity contribution in [3.8, 4) is 0 Å². The minimum Gasteiger partial charge on any atom is -0.371 e. The van der Waals surface area contributed by atoms with Crippen molar-refractivity contribution in [1.82, 2.24) is 9.97 Å². The van der Waals surface area contributed by atoms with Gasteiger partial charge in [0.15, 0.2) is 0 Å². The summed E-state index contributed by atoms with van der Waals surface area (Å²) < 4.78 is 5.92. The van der Waals surface area contributed by atoms with Crippen LogP contribution in [0.4, 0.5) is 11.6 Å². The first-order valence-electron chi connectivity index (χ1n) is 7.85. The van der Waals surface area contributed by atoms with Crippen LogP contribution in [0.1, 0.15) is 44.3 Å². The maximum atomic E-state index is 5.92. The van der Waals surface area contributed by atoms with Crippen molar-refractivity contribution in [2.45, 2.75) is 50.7 Å². The molecule has 3 heterocycles. The van der Waals surface area contributed by atoms with Crippen LogP contribution in [-0.2, 0) is 4.74 Å². The van der Waals surface area contributed by atoms with Crippen LogP contribution in [-0.4, -0.2) is 41.8 Å². The molecule has 5 nitrogen and oxygen atoms in total. The van der Waals surface area contributed by atoms with Crippen molar-refractivity contribution >= 4 is 11.6 Å². The lowest BCUT2D eigenvalue weighted by atomic mass is 10.2. The Bertz CT molecular complexity index is 491. The SMILES string of the molecule is CCNc1cc(N2CC3CCC(C2)O3)nc(C2CC2)n1. The van der Waals surface area contributed by atoms with E-state index in [1.165, 1.54) is 25.7 Å². The summed E-state index contributed by atoms with van der Waals surface area (Å²) in [6.07, 6.45) is 5.67. The topological polar surface area (TPSA) is 50.3 Å². The Morgan fingerprint density at radius 3 is 2.60 bits per heavy atom. The van der Waals surface area contributed by atoms with E-state index in [0.717, 1.165) is 37.1 Å². The second-order valence-corrected chi connectivity index (χ2v) is 6.14. The number of nitrogens with zero attached hydrogens (tertiary/aromatic N) is 3. The summed E-state index contributed by atoms with van der Waals surface area (Å²) in [7, 11) is 0. The maximum absolute atomic E-state index is 5.92. The highest BCUT2D eigenvalue weighted by molar-refractivity contribution is 5.50. The van der Waals surface area contributed by atoms with E-state index >= 15 is 0 Å². The zero-order valence-corrected chi connectivity index (χ0v) is 12.0. The third-order valence-electron chi connectivity index (χ3n) is 4.40. The summed E-state index contributed by atoms with van der Waals surface area (Å²) in [6, 6.07) is 2.10. The quantitative estimate of drug-likeness (QED) is 0.911. The molecule has 1 N–H and O–H groups in total. The van der Waals surface area contributed by atoms with E-state index in [1.54, 1.807) is 0 Å². The third kappa shape index (κ3) is 2.35. The van der Waals surface area contributed by atoms with Gasteiger partial charge in [-0.1, -0.05) is 0 Å². The highest BCUT2D eigenvalue weighted by Gasteiger charge is 2.35. The zero-order chi connectivity index (χ0) is 13.5. The number of aromatic nitrogens is 2. The zero-order valence-electron chi connectivity index (χ0n) is 12.0. The largest absolute Gasteiger partial charge is 0.371 e. The van der Waals surface area contributed by atoms with E-state index in [2.05, 4.69) is 28.2 Å². The molecule has 0 spiro atoms. The van der Waals surface area contributed by atoms with Gasteiger partial charge in [0.1, 0.15) is 17.5 Å². The maximum Gasteiger partial charge on any atom is 0.136 e. The van der Waals surface area contributed by atoms with Gasteiger partial charge < -0.3 is 15.0 Å². The summed E-state index contributed by atoms with van der Waals surface area (Å²) in [6.45, 7) is 4.95. The molecule has 3 fully saturated rings. The number of morpholine rings is 1. The first kappa shape index (κ1) is 12.4. The summed E-state index contributed by atoms with van der Waals surface area (Å²) in [5.74, 6) is 3.67. The Labute approximate surface area is 119 Å². The van der Waals surface area contributed by atoms with Gasteiger partial charge in [-0.2, -0.15) is 0 Å². The fourth-order valence-electron chi connectivity index (χ4n) is 3.21. The highest BCUT2D eigenvalue weighted by Crippen LogP contribution is 2.39. The number of hydrogen-bond acceptors (Lipinski definition) is 5. The van der Waals surface area contributed by atoms with Crippen molar-refractivity contribution in [3.05, 3.63) is 11.9 Å². The van der Waals surface area contributed by atoms with Gasteiger partial charge in [0.05, 0.1) is 12.2 Å². The molecular formula is C15H22N4O. The Kier molecular flexibility index (Phi) is 3.02. The summed E-state index contributed by atoms with van der Waals surface area (Å²) in [5, 5.41) is 3.34. The molecule has 0 amide bonds. The van der Waals surface area contributed by atoms with Crippen LogP contribution < -0.4 is 10.2 Å². The first-order chi connectivity index (χ1) is 9.81. The molecule has 2 aliphatic heterocycles. The van der Waals surface area contributed by atoms with Gasteiger partial charge in [0, 0.05) is 31.6 Å². The number of nitrogens with one attached hydrogen (secondary N) is 1. The molecule has 2 saturated heterocycles. The second kappa shape index (κ2) is 4.88. The highest BCUT2D eigenvalue weighted by atomic mass is 16.5. The normalized spacial score (nSPS) is 28.8. The molecule has 1 saturated carbocycles. The fraction of sp³-hybridized carbons (Fsp3) is 0.733. The molecule has 0 radical (unpaired) electrons. The smallest absolute Gasteiger partial charge is 0.136 e. The first-order valence-corrected chi connectivity index (χ1v) is 7.85. The standard InChI is InChI=1S/C15H22N4O/c1-2-16-13-7-14(18-15(17-13)10-3-4-10)19-8-11-5-6-12(9-19)20-11/h7,10-12H,2-6,8-9H2,1H3,(H,16,17,18). The van der Waals surface area contributed by atoms with E-state index in [9.17, 15) is 0 Å². The number of anilines is 2. The summed E-state index contributed by atoms with van der Waals surface area (Å²) in [4.78, 5) is 11.9. The molecule has 2 unspecified atom stereocenters. The molecule has 20 heavy (non-hydrogen) atoms. The van der Waals surface area contributed by atoms with Crippen LogP contribution >= 0.6 is 0 Å². The molecule has 0 aromatic carbocycles. The second-order valence-electron chi connectivity index (χ2n) is 6.14. The van der Waals surface area contributed by atoms with Gasteiger partial charge >= 0.3 is 0 Å². The van der Waals surface area contributed by atoms with E-state index in [4.69, 9.17) is 9.72 Å². The summed E-state index contributed by atoms with van der Waals surface area (Å²) >= 11 is 0. The Hall–Kier alpha value is -1.36. The molecule has 2 bridgehead atoms. The number of rotatable bonds is 4. The van der Waals surface area contributed by atoms with Crippen molar-refractivity contribution in [3.63, 3.8) is 0 Å².